The molecule has 0 aliphatic carbocycles. The summed E-state index contributed by atoms with van der Waals surface area (Å²) < 4.78 is 14.7. The van der Waals surface area contributed by atoms with Crippen LogP contribution in [0.2, 0.25) is 0 Å². The molecule has 1 aliphatic rings. The van der Waals surface area contributed by atoms with E-state index in [2.05, 4.69) is 15.0 Å². The fraction of sp³-hybridized carbons (Fsp3) is 0.286. The second-order valence-electron chi connectivity index (χ2n) is 5.13. The number of nitrogens with zero attached hydrogens (tertiary/aromatic N) is 4. The smallest absolute Gasteiger partial charge is 0.214 e. The number of hydrogen-bond donors (Lipinski definition) is 1. The normalized spacial score (nSPS) is 18.8. The highest BCUT2D eigenvalue weighted by Gasteiger charge is 2.23. The first-order chi connectivity index (χ1) is 10.2. The van der Waals surface area contributed by atoms with Crippen LogP contribution in [0.5, 0.6) is 0 Å². The van der Waals surface area contributed by atoms with Gasteiger partial charge in [-0.1, -0.05) is 11.3 Å². The molecule has 2 aromatic heterocycles. The maximum atomic E-state index is 12.9. The fourth-order valence-corrected chi connectivity index (χ4v) is 3.41. The van der Waals surface area contributed by atoms with Crippen molar-refractivity contribution in [3.05, 3.63) is 36.3 Å². The number of aliphatic hydroxyl groups is 1. The van der Waals surface area contributed by atoms with E-state index in [1.54, 1.807) is 16.6 Å². The maximum absolute atomic E-state index is 12.9. The molecule has 1 N–H and O–H groups in total. The minimum absolute atomic E-state index is 0.257. The van der Waals surface area contributed by atoms with Gasteiger partial charge in [-0.15, -0.1) is 5.10 Å². The SMILES string of the molecule is O[C@H]1CCN(c2nn3cc(-c4ccc(F)cc4)nc3s2)C1. The van der Waals surface area contributed by atoms with E-state index < -0.39 is 0 Å². The second kappa shape index (κ2) is 4.78. The van der Waals surface area contributed by atoms with Gasteiger partial charge in [0.25, 0.3) is 0 Å². The highest BCUT2D eigenvalue weighted by molar-refractivity contribution is 7.20. The summed E-state index contributed by atoms with van der Waals surface area (Å²) >= 11 is 1.50. The molecule has 7 heteroatoms. The van der Waals surface area contributed by atoms with Crippen molar-refractivity contribution in [1.29, 1.82) is 0 Å². The molecule has 0 saturated carbocycles. The molecule has 1 saturated heterocycles. The van der Waals surface area contributed by atoms with E-state index in [0.29, 0.717) is 6.54 Å². The average Bonchev–Trinajstić information content (AvgIpc) is 3.13. The van der Waals surface area contributed by atoms with Crippen molar-refractivity contribution in [2.24, 2.45) is 0 Å². The van der Waals surface area contributed by atoms with Crippen molar-refractivity contribution >= 4 is 21.4 Å². The van der Waals surface area contributed by atoms with Gasteiger partial charge in [-0.25, -0.2) is 13.9 Å². The lowest BCUT2D eigenvalue weighted by Gasteiger charge is -2.11. The number of fused-ring (bicyclic) bond motifs is 1. The van der Waals surface area contributed by atoms with Gasteiger partial charge in [-0.3, -0.25) is 0 Å². The summed E-state index contributed by atoms with van der Waals surface area (Å²) in [5, 5.41) is 15.0. The standard InChI is InChI=1S/C14H13FN4OS/c15-10-3-1-9(2-4-10)12-8-19-13(16-12)21-14(17-19)18-6-5-11(20)7-18/h1-4,8,11,20H,5-7H2/t11-/m0/s1. The van der Waals surface area contributed by atoms with E-state index in [1.165, 1.54) is 23.5 Å². The molecule has 5 nitrogen and oxygen atoms in total. The van der Waals surface area contributed by atoms with Gasteiger partial charge in [0.2, 0.25) is 10.1 Å². The van der Waals surface area contributed by atoms with Crippen molar-refractivity contribution in [1.82, 2.24) is 14.6 Å². The Morgan fingerprint density at radius 3 is 2.76 bits per heavy atom. The monoisotopic (exact) mass is 304 g/mol. The van der Waals surface area contributed by atoms with E-state index in [0.717, 1.165) is 34.3 Å². The number of benzene rings is 1. The van der Waals surface area contributed by atoms with Crippen LogP contribution in [0.4, 0.5) is 9.52 Å². The Labute approximate surface area is 124 Å². The summed E-state index contributed by atoms with van der Waals surface area (Å²) in [6.45, 7) is 1.45. The number of rotatable bonds is 2. The van der Waals surface area contributed by atoms with Crippen molar-refractivity contribution in [3.8, 4) is 11.3 Å². The molecule has 1 fully saturated rings. The van der Waals surface area contributed by atoms with Gasteiger partial charge < -0.3 is 10.0 Å². The Morgan fingerprint density at radius 1 is 1.29 bits per heavy atom. The number of hydrogen-bond acceptors (Lipinski definition) is 5. The van der Waals surface area contributed by atoms with Crippen LogP contribution in [0.15, 0.2) is 30.5 Å². The van der Waals surface area contributed by atoms with Gasteiger partial charge in [-0.05, 0) is 30.7 Å². The zero-order chi connectivity index (χ0) is 14.4. The summed E-state index contributed by atoms with van der Waals surface area (Å²) in [6, 6.07) is 6.26. The molecule has 0 bridgehead atoms. The topological polar surface area (TPSA) is 53.7 Å². The largest absolute Gasteiger partial charge is 0.391 e. The van der Waals surface area contributed by atoms with Crippen LogP contribution in [0.25, 0.3) is 16.2 Å². The van der Waals surface area contributed by atoms with Crippen molar-refractivity contribution in [3.63, 3.8) is 0 Å². The molecule has 0 amide bonds. The van der Waals surface area contributed by atoms with Crippen LogP contribution in [0, 0.1) is 5.82 Å². The quantitative estimate of drug-likeness (QED) is 0.788. The minimum Gasteiger partial charge on any atom is -0.391 e. The van der Waals surface area contributed by atoms with E-state index in [9.17, 15) is 9.50 Å². The molecular formula is C14H13FN4OS. The Kier molecular flexibility index (Phi) is 2.90. The van der Waals surface area contributed by atoms with Crippen molar-refractivity contribution in [2.45, 2.75) is 12.5 Å². The van der Waals surface area contributed by atoms with Gasteiger partial charge in [0.15, 0.2) is 0 Å². The minimum atomic E-state index is -0.268. The molecule has 0 spiro atoms. The predicted octanol–water partition coefficient (Wildman–Crippen LogP) is 2.17. The number of anilines is 1. The van der Waals surface area contributed by atoms with Gasteiger partial charge in [0, 0.05) is 18.7 Å². The van der Waals surface area contributed by atoms with E-state index in [1.807, 2.05) is 6.20 Å². The first-order valence-electron chi connectivity index (χ1n) is 6.74. The second-order valence-corrected chi connectivity index (χ2v) is 6.07. The number of aliphatic hydroxyl groups excluding tert-OH is 1. The molecule has 4 rings (SSSR count). The van der Waals surface area contributed by atoms with E-state index in [-0.39, 0.29) is 11.9 Å². The lowest BCUT2D eigenvalue weighted by atomic mass is 10.2. The van der Waals surface area contributed by atoms with Crippen LogP contribution < -0.4 is 4.90 Å². The summed E-state index contributed by atoms with van der Waals surface area (Å²) in [5.41, 5.74) is 1.65. The van der Waals surface area contributed by atoms with Gasteiger partial charge in [-0.2, -0.15) is 0 Å². The lowest BCUT2D eigenvalue weighted by Crippen LogP contribution is -2.21. The number of imidazole rings is 1. The average molecular weight is 304 g/mol. The van der Waals surface area contributed by atoms with Crippen LogP contribution >= 0.6 is 11.3 Å². The Hall–Kier alpha value is -1.99. The Morgan fingerprint density at radius 2 is 2.10 bits per heavy atom. The van der Waals surface area contributed by atoms with Gasteiger partial charge in [0.05, 0.1) is 18.0 Å². The van der Waals surface area contributed by atoms with E-state index in [4.69, 9.17) is 0 Å². The Balaban J connectivity index is 1.66. The summed E-state index contributed by atoms with van der Waals surface area (Å²) in [5.74, 6) is -0.257. The van der Waals surface area contributed by atoms with Gasteiger partial charge >= 0.3 is 0 Å². The molecule has 1 atom stereocenters. The maximum Gasteiger partial charge on any atom is 0.214 e. The summed E-state index contributed by atoms with van der Waals surface area (Å²) in [6.07, 6.45) is 2.36. The molecular weight excluding hydrogens is 291 g/mol. The summed E-state index contributed by atoms with van der Waals surface area (Å²) in [4.78, 5) is 7.40. The molecule has 21 heavy (non-hydrogen) atoms. The molecule has 1 aromatic carbocycles. The van der Waals surface area contributed by atoms with Crippen molar-refractivity contribution < 1.29 is 9.50 Å². The zero-order valence-corrected chi connectivity index (χ0v) is 11.9. The molecule has 0 unspecified atom stereocenters. The first kappa shape index (κ1) is 12.7. The molecule has 0 radical (unpaired) electrons. The first-order valence-corrected chi connectivity index (χ1v) is 7.56. The van der Waals surface area contributed by atoms with Gasteiger partial charge in [0.1, 0.15) is 5.82 Å². The van der Waals surface area contributed by atoms with Crippen molar-refractivity contribution in [2.75, 3.05) is 18.0 Å². The zero-order valence-electron chi connectivity index (χ0n) is 11.1. The van der Waals surface area contributed by atoms with Crippen LogP contribution in [0.1, 0.15) is 6.42 Å². The van der Waals surface area contributed by atoms with Crippen LogP contribution in [-0.2, 0) is 0 Å². The van der Waals surface area contributed by atoms with Crippen LogP contribution in [0.3, 0.4) is 0 Å². The highest BCUT2D eigenvalue weighted by Crippen LogP contribution is 2.28. The van der Waals surface area contributed by atoms with E-state index >= 15 is 0 Å². The summed E-state index contributed by atoms with van der Waals surface area (Å²) in [7, 11) is 0. The number of aromatic nitrogens is 3. The molecule has 108 valence electrons. The lowest BCUT2D eigenvalue weighted by molar-refractivity contribution is 0.198. The number of halogens is 1. The third-order valence-corrected chi connectivity index (χ3v) is 4.59. The molecule has 1 aliphatic heterocycles. The third-order valence-electron chi connectivity index (χ3n) is 3.61. The predicted molar refractivity (Wildman–Crippen MR) is 79.1 cm³/mol. The fourth-order valence-electron chi connectivity index (χ4n) is 2.49. The Bertz CT molecular complexity index is 750. The third kappa shape index (κ3) is 2.28. The highest BCUT2D eigenvalue weighted by atomic mass is 32.1. The molecule has 3 aromatic rings. The van der Waals surface area contributed by atoms with Crippen LogP contribution in [-0.4, -0.2) is 38.9 Å². The molecule has 3 heterocycles. The number of β-amino-alcohol motifs (C(OH)–C–C–N with tert-alkyl or cyclic N) is 1.